The van der Waals surface area contributed by atoms with Crippen molar-refractivity contribution in [2.24, 2.45) is 0 Å². The van der Waals surface area contributed by atoms with Crippen LogP contribution in [0.25, 0.3) is 22.2 Å². The van der Waals surface area contributed by atoms with Crippen molar-refractivity contribution in [3.8, 4) is 11.3 Å². The smallest absolute Gasteiger partial charge is 0.338 e. The quantitative estimate of drug-likeness (QED) is 0.318. The Kier molecular flexibility index (Phi) is 6.71. The van der Waals surface area contributed by atoms with Gasteiger partial charge in [-0.15, -0.1) is 0 Å². The number of ether oxygens (including phenoxy) is 1. The van der Waals surface area contributed by atoms with E-state index in [1.54, 1.807) is 37.3 Å². The number of carbonyl (C=O) groups excluding carboxylic acids is 2. The van der Waals surface area contributed by atoms with Gasteiger partial charge < -0.3 is 10.1 Å². The molecule has 4 aromatic rings. The molecule has 0 saturated carbocycles. The van der Waals surface area contributed by atoms with Gasteiger partial charge in [0.2, 0.25) is 0 Å². The first-order chi connectivity index (χ1) is 16.0. The number of carbonyl (C=O) groups is 2. The lowest BCUT2D eigenvalue weighted by Gasteiger charge is -2.13. The molecule has 0 unspecified atom stereocenters. The molecule has 1 amide bonds. The molecule has 2 N–H and O–H groups in total. The number of thiocarbonyl (C=S) groups is 1. The Labute approximate surface area is 196 Å². The van der Waals surface area contributed by atoms with Crippen molar-refractivity contribution in [2.75, 3.05) is 11.9 Å². The fourth-order valence-corrected chi connectivity index (χ4v) is 3.60. The van der Waals surface area contributed by atoms with E-state index < -0.39 is 5.97 Å². The van der Waals surface area contributed by atoms with Crippen molar-refractivity contribution in [2.45, 2.75) is 6.92 Å². The number of rotatable bonds is 5. The van der Waals surface area contributed by atoms with E-state index in [-0.39, 0.29) is 17.6 Å². The Hall–Kier alpha value is -4.10. The molecule has 0 aliphatic heterocycles. The van der Waals surface area contributed by atoms with E-state index in [0.29, 0.717) is 28.0 Å². The highest BCUT2D eigenvalue weighted by Gasteiger charge is 2.15. The minimum atomic E-state index is -0.423. The van der Waals surface area contributed by atoms with Gasteiger partial charge in [0.1, 0.15) is 0 Å². The highest BCUT2D eigenvalue weighted by atomic mass is 32.1. The summed E-state index contributed by atoms with van der Waals surface area (Å²) in [5.41, 5.74) is 3.74. The number of pyridine rings is 1. The summed E-state index contributed by atoms with van der Waals surface area (Å²) in [4.78, 5) is 29.8. The largest absolute Gasteiger partial charge is 0.462 e. The Morgan fingerprint density at radius 3 is 2.48 bits per heavy atom. The molecular formula is C26H21N3O3S. The number of para-hydroxylation sites is 1. The van der Waals surface area contributed by atoms with Crippen LogP contribution in [0.15, 0.2) is 84.9 Å². The first-order valence-electron chi connectivity index (χ1n) is 10.4. The zero-order valence-corrected chi connectivity index (χ0v) is 18.7. The summed E-state index contributed by atoms with van der Waals surface area (Å²) in [6.07, 6.45) is 0. The van der Waals surface area contributed by atoms with Crippen LogP contribution < -0.4 is 10.6 Å². The SMILES string of the molecule is CCOC(=O)c1cccc(NC(=S)NC(=O)c2cc(-c3ccccc3)nc3ccccc23)c1. The van der Waals surface area contributed by atoms with E-state index in [0.717, 1.165) is 10.9 Å². The van der Waals surface area contributed by atoms with E-state index >= 15 is 0 Å². The monoisotopic (exact) mass is 455 g/mol. The highest BCUT2D eigenvalue weighted by molar-refractivity contribution is 7.80. The normalized spacial score (nSPS) is 10.5. The van der Waals surface area contributed by atoms with E-state index in [1.807, 2.05) is 54.6 Å². The molecule has 33 heavy (non-hydrogen) atoms. The second kappa shape index (κ2) is 10.0. The molecule has 1 aromatic heterocycles. The van der Waals surface area contributed by atoms with Crippen LogP contribution in [-0.4, -0.2) is 28.6 Å². The van der Waals surface area contributed by atoms with Gasteiger partial charge in [0.25, 0.3) is 5.91 Å². The number of nitrogens with zero attached hydrogens (tertiary/aromatic N) is 1. The topological polar surface area (TPSA) is 80.3 Å². The lowest BCUT2D eigenvalue weighted by molar-refractivity contribution is 0.0526. The average molecular weight is 456 g/mol. The molecule has 0 bridgehead atoms. The number of aromatic nitrogens is 1. The average Bonchev–Trinajstić information content (AvgIpc) is 2.84. The molecule has 3 aromatic carbocycles. The van der Waals surface area contributed by atoms with Crippen LogP contribution in [-0.2, 0) is 4.74 Å². The molecule has 1 heterocycles. The van der Waals surface area contributed by atoms with Gasteiger partial charge in [-0.05, 0) is 49.5 Å². The van der Waals surface area contributed by atoms with Crippen LogP contribution in [0.4, 0.5) is 5.69 Å². The number of anilines is 1. The minimum absolute atomic E-state index is 0.114. The molecule has 6 nitrogen and oxygen atoms in total. The zero-order valence-electron chi connectivity index (χ0n) is 17.9. The van der Waals surface area contributed by atoms with Gasteiger partial charge in [0.05, 0.1) is 28.9 Å². The molecule has 0 spiro atoms. The number of hydrogen-bond donors (Lipinski definition) is 2. The molecule has 164 valence electrons. The molecule has 0 aliphatic rings. The summed E-state index contributed by atoms with van der Waals surface area (Å²) in [6, 6.07) is 25.6. The van der Waals surface area contributed by atoms with Gasteiger partial charge in [-0.25, -0.2) is 9.78 Å². The third-order valence-corrected chi connectivity index (χ3v) is 5.09. The van der Waals surface area contributed by atoms with Crippen molar-refractivity contribution < 1.29 is 14.3 Å². The van der Waals surface area contributed by atoms with Gasteiger partial charge in [0, 0.05) is 16.6 Å². The molecule has 0 fully saturated rings. The Balaban J connectivity index is 1.57. The van der Waals surface area contributed by atoms with Gasteiger partial charge >= 0.3 is 5.97 Å². The van der Waals surface area contributed by atoms with Gasteiger partial charge in [0.15, 0.2) is 5.11 Å². The maximum Gasteiger partial charge on any atom is 0.338 e. The van der Waals surface area contributed by atoms with Crippen LogP contribution in [0.1, 0.15) is 27.6 Å². The molecule has 0 atom stereocenters. The lowest BCUT2D eigenvalue weighted by Crippen LogP contribution is -2.34. The number of nitrogens with one attached hydrogen (secondary N) is 2. The van der Waals surface area contributed by atoms with Crippen LogP contribution >= 0.6 is 12.2 Å². The van der Waals surface area contributed by atoms with E-state index in [2.05, 4.69) is 10.6 Å². The third-order valence-electron chi connectivity index (χ3n) is 4.89. The fourth-order valence-electron chi connectivity index (χ4n) is 3.39. The first-order valence-corrected chi connectivity index (χ1v) is 10.8. The first kappa shape index (κ1) is 22.1. The summed E-state index contributed by atoms with van der Waals surface area (Å²) in [5.74, 6) is -0.780. The van der Waals surface area contributed by atoms with Crippen LogP contribution in [0.2, 0.25) is 0 Å². The summed E-state index contributed by atoms with van der Waals surface area (Å²) in [5, 5.41) is 6.52. The maximum atomic E-state index is 13.2. The van der Waals surface area contributed by atoms with Crippen LogP contribution in [0, 0.1) is 0 Å². The second-order valence-corrected chi connectivity index (χ2v) is 7.56. The predicted octanol–water partition coefficient (Wildman–Crippen LogP) is 5.21. The van der Waals surface area contributed by atoms with Crippen LogP contribution in [0.3, 0.4) is 0 Å². The van der Waals surface area contributed by atoms with E-state index in [9.17, 15) is 9.59 Å². The zero-order chi connectivity index (χ0) is 23.2. The van der Waals surface area contributed by atoms with E-state index in [4.69, 9.17) is 21.9 Å². The third kappa shape index (κ3) is 5.22. The predicted molar refractivity (Wildman–Crippen MR) is 133 cm³/mol. The summed E-state index contributed by atoms with van der Waals surface area (Å²) >= 11 is 5.35. The molecular weight excluding hydrogens is 434 g/mol. The maximum absolute atomic E-state index is 13.2. The summed E-state index contributed by atoms with van der Waals surface area (Å²) in [7, 11) is 0. The number of benzene rings is 3. The van der Waals surface area contributed by atoms with Gasteiger partial charge in [-0.3, -0.25) is 10.1 Å². The highest BCUT2D eigenvalue weighted by Crippen LogP contribution is 2.25. The molecule has 0 saturated heterocycles. The van der Waals surface area contributed by atoms with Crippen molar-refractivity contribution in [3.63, 3.8) is 0 Å². The minimum Gasteiger partial charge on any atom is -0.462 e. The lowest BCUT2D eigenvalue weighted by atomic mass is 10.0. The standard InChI is InChI=1S/C26H21N3O3S/c1-2-32-25(31)18-11-8-12-19(15-18)27-26(33)29-24(30)21-16-23(17-9-4-3-5-10-17)28-22-14-7-6-13-20(21)22/h3-16H,2H2,1H3,(H2,27,29,30,33). The number of esters is 1. The molecule has 7 heteroatoms. The summed E-state index contributed by atoms with van der Waals surface area (Å²) in [6.45, 7) is 2.03. The fraction of sp³-hybridized carbons (Fsp3) is 0.0769. The molecule has 0 aliphatic carbocycles. The van der Waals surface area contributed by atoms with Gasteiger partial charge in [-0.1, -0.05) is 54.6 Å². The van der Waals surface area contributed by atoms with Crippen molar-refractivity contribution >= 4 is 45.8 Å². The molecule has 4 rings (SSSR count). The number of hydrogen-bond acceptors (Lipinski definition) is 5. The summed E-state index contributed by atoms with van der Waals surface area (Å²) < 4.78 is 5.02. The van der Waals surface area contributed by atoms with Gasteiger partial charge in [-0.2, -0.15) is 0 Å². The Bertz CT molecular complexity index is 1340. The van der Waals surface area contributed by atoms with Crippen molar-refractivity contribution in [3.05, 3.63) is 96.1 Å². The second-order valence-electron chi connectivity index (χ2n) is 7.15. The number of amides is 1. The van der Waals surface area contributed by atoms with E-state index in [1.165, 1.54) is 0 Å². The molecule has 0 radical (unpaired) electrons. The van der Waals surface area contributed by atoms with Crippen LogP contribution in [0.5, 0.6) is 0 Å². The Morgan fingerprint density at radius 2 is 1.70 bits per heavy atom. The van der Waals surface area contributed by atoms with Crippen molar-refractivity contribution in [1.82, 2.24) is 10.3 Å². The number of fused-ring (bicyclic) bond motifs is 1. The Morgan fingerprint density at radius 1 is 0.939 bits per heavy atom. The van der Waals surface area contributed by atoms with Crippen molar-refractivity contribution in [1.29, 1.82) is 0 Å².